The largest absolute Gasteiger partial charge is 0.386 e. The number of hydrogen-bond donors (Lipinski definition) is 2. The van der Waals surface area contributed by atoms with Gasteiger partial charge in [0.2, 0.25) is 0 Å². The first-order valence-electron chi connectivity index (χ1n) is 5.79. The molecule has 0 bridgehead atoms. The molecule has 1 aromatic carbocycles. The topological polar surface area (TPSA) is 84.6 Å². The van der Waals surface area contributed by atoms with Gasteiger partial charge in [-0.2, -0.15) is 0 Å². The molecule has 1 fully saturated rings. The number of nitro groups is 1. The highest BCUT2D eigenvalue weighted by molar-refractivity contribution is 5.54. The van der Waals surface area contributed by atoms with Gasteiger partial charge in [-0.25, -0.2) is 0 Å². The summed E-state index contributed by atoms with van der Waals surface area (Å²) in [6, 6.07) is 4.79. The minimum Gasteiger partial charge on any atom is -0.386 e. The lowest BCUT2D eigenvalue weighted by Gasteiger charge is -2.21. The van der Waals surface area contributed by atoms with Gasteiger partial charge in [0.25, 0.3) is 5.69 Å². The first-order chi connectivity index (χ1) is 8.48. The zero-order chi connectivity index (χ0) is 13.2. The first-order valence-corrected chi connectivity index (χ1v) is 5.79. The highest BCUT2D eigenvalue weighted by atomic mass is 16.6. The number of aliphatic hydroxyl groups is 1. The van der Waals surface area contributed by atoms with Gasteiger partial charge in [-0.1, -0.05) is 0 Å². The van der Waals surface area contributed by atoms with Crippen LogP contribution in [0.1, 0.15) is 12.0 Å². The first kappa shape index (κ1) is 12.8. The van der Waals surface area contributed by atoms with Crippen LogP contribution < -0.4 is 5.32 Å². The molecule has 1 saturated heterocycles. The SMILES string of the molecule is Cc1cc(NCC2(O)CCOC2)cc([N+](=O)[O-])c1. The quantitative estimate of drug-likeness (QED) is 0.626. The zero-order valence-electron chi connectivity index (χ0n) is 10.2. The van der Waals surface area contributed by atoms with Crippen molar-refractivity contribution in [3.8, 4) is 0 Å². The fraction of sp³-hybridized carbons (Fsp3) is 0.500. The van der Waals surface area contributed by atoms with Crippen molar-refractivity contribution in [3.05, 3.63) is 33.9 Å². The van der Waals surface area contributed by atoms with Gasteiger partial charge in [0.1, 0.15) is 5.60 Å². The molecule has 98 valence electrons. The lowest BCUT2D eigenvalue weighted by atomic mass is 10.0. The van der Waals surface area contributed by atoms with E-state index in [0.29, 0.717) is 31.9 Å². The Morgan fingerprint density at radius 2 is 2.33 bits per heavy atom. The number of rotatable bonds is 4. The zero-order valence-corrected chi connectivity index (χ0v) is 10.2. The third kappa shape index (κ3) is 2.96. The summed E-state index contributed by atoms with van der Waals surface area (Å²) in [4.78, 5) is 10.3. The average Bonchev–Trinajstić information content (AvgIpc) is 2.73. The molecule has 0 saturated carbocycles. The average molecular weight is 252 g/mol. The molecular formula is C12H16N2O4. The molecule has 6 nitrogen and oxygen atoms in total. The summed E-state index contributed by atoms with van der Waals surface area (Å²) in [5.74, 6) is 0. The second-order valence-electron chi connectivity index (χ2n) is 4.69. The van der Waals surface area contributed by atoms with E-state index < -0.39 is 10.5 Å². The summed E-state index contributed by atoms with van der Waals surface area (Å²) >= 11 is 0. The Morgan fingerprint density at radius 3 is 2.94 bits per heavy atom. The molecule has 1 atom stereocenters. The van der Waals surface area contributed by atoms with E-state index >= 15 is 0 Å². The number of anilines is 1. The highest BCUT2D eigenvalue weighted by Crippen LogP contribution is 2.23. The highest BCUT2D eigenvalue weighted by Gasteiger charge is 2.31. The van der Waals surface area contributed by atoms with Gasteiger partial charge in [0.15, 0.2) is 0 Å². The Morgan fingerprint density at radius 1 is 1.56 bits per heavy atom. The van der Waals surface area contributed by atoms with Crippen LogP contribution in [0.4, 0.5) is 11.4 Å². The van der Waals surface area contributed by atoms with Crippen molar-refractivity contribution in [2.75, 3.05) is 25.1 Å². The number of non-ortho nitro benzene ring substituents is 1. The summed E-state index contributed by atoms with van der Waals surface area (Å²) in [6.45, 7) is 2.97. The fourth-order valence-corrected chi connectivity index (χ4v) is 1.97. The van der Waals surface area contributed by atoms with Crippen LogP contribution >= 0.6 is 0 Å². The molecule has 0 radical (unpaired) electrons. The van der Waals surface area contributed by atoms with Gasteiger partial charge in [-0.15, -0.1) is 0 Å². The lowest BCUT2D eigenvalue weighted by molar-refractivity contribution is -0.384. The number of nitrogens with zero attached hydrogens (tertiary/aromatic N) is 1. The maximum atomic E-state index is 10.7. The minimum atomic E-state index is -0.876. The van der Waals surface area contributed by atoms with E-state index in [-0.39, 0.29) is 5.69 Å². The Labute approximate surface area is 105 Å². The van der Waals surface area contributed by atoms with E-state index in [0.717, 1.165) is 5.56 Å². The Balaban J connectivity index is 2.07. The number of ether oxygens (including phenoxy) is 1. The Bertz CT molecular complexity index is 455. The standard InChI is InChI=1S/C12H16N2O4/c1-9-4-10(6-11(5-9)14(16)17)13-7-12(15)2-3-18-8-12/h4-6,13,15H,2-3,7-8H2,1H3. The van der Waals surface area contributed by atoms with Crippen molar-refractivity contribution in [2.24, 2.45) is 0 Å². The number of nitro benzene ring substituents is 1. The number of hydrogen-bond acceptors (Lipinski definition) is 5. The lowest BCUT2D eigenvalue weighted by Crippen LogP contribution is -2.37. The van der Waals surface area contributed by atoms with E-state index in [9.17, 15) is 15.2 Å². The van der Waals surface area contributed by atoms with Crippen molar-refractivity contribution in [3.63, 3.8) is 0 Å². The van der Waals surface area contributed by atoms with Crippen LogP contribution in [0.15, 0.2) is 18.2 Å². The molecule has 2 rings (SSSR count). The monoisotopic (exact) mass is 252 g/mol. The van der Waals surface area contributed by atoms with Crippen molar-refractivity contribution >= 4 is 11.4 Å². The number of aryl methyl sites for hydroxylation is 1. The van der Waals surface area contributed by atoms with Gasteiger partial charge >= 0.3 is 0 Å². The van der Waals surface area contributed by atoms with E-state index in [1.165, 1.54) is 12.1 Å². The second-order valence-corrected chi connectivity index (χ2v) is 4.69. The molecule has 2 N–H and O–H groups in total. The molecule has 1 aliphatic rings. The molecule has 6 heteroatoms. The second kappa shape index (κ2) is 4.91. The third-order valence-corrected chi connectivity index (χ3v) is 2.98. The molecule has 0 aliphatic carbocycles. The maximum Gasteiger partial charge on any atom is 0.271 e. The predicted octanol–water partition coefficient (Wildman–Crippen LogP) is 1.47. The molecule has 0 spiro atoms. The molecule has 1 aliphatic heterocycles. The van der Waals surface area contributed by atoms with E-state index in [1.54, 1.807) is 6.92 Å². The third-order valence-electron chi connectivity index (χ3n) is 2.98. The Kier molecular flexibility index (Phi) is 3.49. The normalized spacial score (nSPS) is 23.0. The molecule has 0 amide bonds. The summed E-state index contributed by atoms with van der Waals surface area (Å²) < 4.78 is 5.14. The van der Waals surface area contributed by atoms with Crippen LogP contribution in [0.25, 0.3) is 0 Å². The van der Waals surface area contributed by atoms with Crippen molar-refractivity contribution in [1.29, 1.82) is 0 Å². The summed E-state index contributed by atoms with van der Waals surface area (Å²) in [5.41, 5.74) is 0.619. The van der Waals surface area contributed by atoms with Crippen molar-refractivity contribution in [1.82, 2.24) is 0 Å². The van der Waals surface area contributed by atoms with Crippen molar-refractivity contribution < 1.29 is 14.8 Å². The van der Waals surface area contributed by atoms with Crippen LogP contribution in [0.3, 0.4) is 0 Å². The van der Waals surface area contributed by atoms with Gasteiger partial charge in [0.05, 0.1) is 11.5 Å². The number of benzene rings is 1. The summed E-state index contributed by atoms with van der Waals surface area (Å²) in [7, 11) is 0. The van der Waals surface area contributed by atoms with Gasteiger partial charge in [-0.3, -0.25) is 10.1 Å². The van der Waals surface area contributed by atoms with Gasteiger partial charge < -0.3 is 15.2 Å². The van der Waals surface area contributed by atoms with Crippen LogP contribution in [0.5, 0.6) is 0 Å². The molecule has 0 aromatic heterocycles. The molecule has 1 unspecified atom stereocenters. The van der Waals surface area contributed by atoms with Gasteiger partial charge in [-0.05, 0) is 18.6 Å². The summed E-state index contributed by atoms with van der Waals surface area (Å²) in [6.07, 6.45) is 0.577. The molecule has 1 heterocycles. The van der Waals surface area contributed by atoms with Crippen LogP contribution in [-0.4, -0.2) is 35.4 Å². The number of nitrogens with one attached hydrogen (secondary N) is 1. The predicted molar refractivity (Wildman–Crippen MR) is 66.7 cm³/mol. The molecule has 1 aromatic rings. The van der Waals surface area contributed by atoms with Crippen LogP contribution in [0, 0.1) is 17.0 Å². The fourth-order valence-electron chi connectivity index (χ4n) is 1.97. The van der Waals surface area contributed by atoms with Crippen LogP contribution in [-0.2, 0) is 4.74 Å². The van der Waals surface area contributed by atoms with E-state index in [2.05, 4.69) is 5.32 Å². The van der Waals surface area contributed by atoms with E-state index in [1.807, 2.05) is 6.07 Å². The summed E-state index contributed by atoms with van der Waals surface area (Å²) in [5, 5.41) is 23.8. The molecular weight excluding hydrogens is 236 g/mol. The molecule has 18 heavy (non-hydrogen) atoms. The van der Waals surface area contributed by atoms with Gasteiger partial charge in [0, 0.05) is 37.4 Å². The van der Waals surface area contributed by atoms with Crippen molar-refractivity contribution in [2.45, 2.75) is 18.9 Å². The Hall–Kier alpha value is -1.66. The smallest absolute Gasteiger partial charge is 0.271 e. The minimum absolute atomic E-state index is 0.0483. The van der Waals surface area contributed by atoms with Crippen LogP contribution in [0.2, 0.25) is 0 Å². The van der Waals surface area contributed by atoms with E-state index in [4.69, 9.17) is 4.74 Å². The maximum absolute atomic E-state index is 10.7.